The summed E-state index contributed by atoms with van der Waals surface area (Å²) in [5.74, 6) is -0.377. The Labute approximate surface area is 147 Å². The molecule has 0 spiro atoms. The molecule has 25 heavy (non-hydrogen) atoms. The molecular weight excluding hydrogens is 310 g/mol. The van der Waals surface area contributed by atoms with E-state index in [0.717, 1.165) is 35.8 Å². The van der Waals surface area contributed by atoms with Crippen LogP contribution in [0.4, 0.5) is 0 Å². The third kappa shape index (κ3) is 2.92. The summed E-state index contributed by atoms with van der Waals surface area (Å²) >= 11 is 0. The molecule has 0 saturated carbocycles. The van der Waals surface area contributed by atoms with Crippen LogP contribution in [0.25, 0.3) is 10.8 Å². The normalized spacial score (nSPS) is 20.5. The second-order valence-corrected chi connectivity index (χ2v) is 6.67. The van der Waals surface area contributed by atoms with Crippen molar-refractivity contribution in [1.29, 1.82) is 0 Å². The summed E-state index contributed by atoms with van der Waals surface area (Å²) in [5, 5.41) is 15.4. The molecule has 3 aromatic rings. The van der Waals surface area contributed by atoms with Gasteiger partial charge in [-0.2, -0.15) is 0 Å². The van der Waals surface area contributed by atoms with Crippen LogP contribution in [0.15, 0.2) is 66.7 Å². The van der Waals surface area contributed by atoms with Crippen molar-refractivity contribution in [3.05, 3.63) is 83.4 Å². The summed E-state index contributed by atoms with van der Waals surface area (Å²) in [7, 11) is 0. The van der Waals surface area contributed by atoms with Crippen LogP contribution in [-0.2, 0) is 0 Å². The third-order valence-electron chi connectivity index (χ3n) is 5.28. The van der Waals surface area contributed by atoms with Gasteiger partial charge in [0.1, 0.15) is 0 Å². The minimum Gasteiger partial charge on any atom is -0.478 e. The molecule has 3 aromatic carbocycles. The first-order chi connectivity index (χ1) is 12.3. The molecule has 2 atom stereocenters. The molecule has 3 heteroatoms. The van der Waals surface area contributed by atoms with Crippen molar-refractivity contribution in [2.24, 2.45) is 0 Å². The highest BCUT2D eigenvalue weighted by Gasteiger charge is 2.31. The molecule has 1 aliphatic rings. The van der Waals surface area contributed by atoms with Gasteiger partial charge in [-0.05, 0) is 46.8 Å². The predicted molar refractivity (Wildman–Crippen MR) is 100 cm³/mol. The summed E-state index contributed by atoms with van der Waals surface area (Å²) in [4.78, 5) is 11.9. The number of hydrogen-bond donors (Lipinski definition) is 2. The standard InChI is InChI=1S/C22H21NO2/c24-22(25)19-11-10-16-8-4-5-9-18(16)21(19)20-14-23-13-12-17(20)15-6-2-1-3-7-15/h1-11,17,20,23H,12-14H2,(H,24,25)/t17-,20+/m0/s1. The molecule has 0 aromatic heterocycles. The Bertz CT molecular complexity index is 904. The number of fused-ring (bicyclic) bond motifs is 1. The Balaban J connectivity index is 1.92. The number of carbonyl (C=O) groups is 1. The average Bonchev–Trinajstić information content (AvgIpc) is 2.67. The van der Waals surface area contributed by atoms with Crippen LogP contribution in [0.1, 0.15) is 39.7 Å². The summed E-state index contributed by atoms with van der Waals surface area (Å²) in [5.41, 5.74) is 2.68. The minimum atomic E-state index is -0.849. The Kier molecular flexibility index (Phi) is 4.24. The van der Waals surface area contributed by atoms with Gasteiger partial charge in [-0.3, -0.25) is 0 Å². The second kappa shape index (κ2) is 6.69. The molecule has 2 N–H and O–H groups in total. The SMILES string of the molecule is O=C(O)c1ccc2ccccc2c1[C@@H]1CNCC[C@H]1c1ccccc1. The van der Waals surface area contributed by atoms with E-state index in [1.54, 1.807) is 6.07 Å². The summed E-state index contributed by atoms with van der Waals surface area (Å²) < 4.78 is 0. The van der Waals surface area contributed by atoms with Crippen molar-refractivity contribution < 1.29 is 9.90 Å². The zero-order valence-corrected chi connectivity index (χ0v) is 14.0. The van der Waals surface area contributed by atoms with E-state index in [0.29, 0.717) is 11.5 Å². The Morgan fingerprint density at radius 3 is 2.48 bits per heavy atom. The number of hydrogen-bond acceptors (Lipinski definition) is 2. The lowest BCUT2D eigenvalue weighted by Gasteiger charge is -2.34. The molecule has 0 aliphatic carbocycles. The van der Waals surface area contributed by atoms with Crippen molar-refractivity contribution in [3.63, 3.8) is 0 Å². The molecule has 3 nitrogen and oxygen atoms in total. The summed E-state index contributed by atoms with van der Waals surface area (Å²) in [6.07, 6.45) is 1.01. The molecule has 126 valence electrons. The fourth-order valence-electron chi connectivity index (χ4n) is 4.14. The maximum atomic E-state index is 11.9. The molecule has 4 rings (SSSR count). The quantitative estimate of drug-likeness (QED) is 0.748. The van der Waals surface area contributed by atoms with Crippen LogP contribution >= 0.6 is 0 Å². The van der Waals surface area contributed by atoms with Crippen molar-refractivity contribution in [2.45, 2.75) is 18.3 Å². The van der Waals surface area contributed by atoms with E-state index in [1.165, 1.54) is 5.56 Å². The monoisotopic (exact) mass is 331 g/mol. The van der Waals surface area contributed by atoms with Gasteiger partial charge in [0.2, 0.25) is 0 Å². The third-order valence-corrected chi connectivity index (χ3v) is 5.28. The van der Waals surface area contributed by atoms with Gasteiger partial charge in [0, 0.05) is 12.5 Å². The Morgan fingerprint density at radius 2 is 1.68 bits per heavy atom. The van der Waals surface area contributed by atoms with Crippen LogP contribution in [-0.4, -0.2) is 24.2 Å². The Morgan fingerprint density at radius 1 is 0.920 bits per heavy atom. The van der Waals surface area contributed by atoms with Gasteiger partial charge in [0.25, 0.3) is 0 Å². The molecule has 0 amide bonds. The fraction of sp³-hybridized carbons (Fsp3) is 0.227. The Hall–Kier alpha value is -2.65. The van der Waals surface area contributed by atoms with Crippen molar-refractivity contribution in [3.8, 4) is 0 Å². The van der Waals surface area contributed by atoms with E-state index < -0.39 is 5.97 Å². The lowest BCUT2D eigenvalue weighted by atomic mass is 9.74. The molecule has 1 saturated heterocycles. The van der Waals surface area contributed by atoms with Crippen molar-refractivity contribution >= 4 is 16.7 Å². The van der Waals surface area contributed by atoms with Crippen LogP contribution in [0.3, 0.4) is 0 Å². The number of rotatable bonds is 3. The van der Waals surface area contributed by atoms with Crippen LogP contribution in [0, 0.1) is 0 Å². The van der Waals surface area contributed by atoms with E-state index in [9.17, 15) is 9.90 Å². The van der Waals surface area contributed by atoms with E-state index >= 15 is 0 Å². The van der Waals surface area contributed by atoms with Gasteiger partial charge < -0.3 is 10.4 Å². The fourth-order valence-corrected chi connectivity index (χ4v) is 4.14. The first-order valence-corrected chi connectivity index (χ1v) is 8.76. The maximum Gasteiger partial charge on any atom is 0.335 e. The van der Waals surface area contributed by atoms with E-state index in [2.05, 4.69) is 35.6 Å². The maximum absolute atomic E-state index is 11.9. The molecule has 0 radical (unpaired) electrons. The minimum absolute atomic E-state index is 0.147. The van der Waals surface area contributed by atoms with E-state index in [1.807, 2.05) is 30.3 Å². The van der Waals surface area contributed by atoms with E-state index in [4.69, 9.17) is 0 Å². The van der Waals surface area contributed by atoms with Crippen LogP contribution in [0.5, 0.6) is 0 Å². The highest BCUT2D eigenvalue weighted by atomic mass is 16.4. The van der Waals surface area contributed by atoms with Gasteiger partial charge >= 0.3 is 5.97 Å². The highest BCUT2D eigenvalue weighted by Crippen LogP contribution is 2.41. The van der Waals surface area contributed by atoms with Crippen molar-refractivity contribution in [2.75, 3.05) is 13.1 Å². The number of carboxylic acid groups (broad SMARTS) is 1. The van der Waals surface area contributed by atoms with Gasteiger partial charge in [-0.25, -0.2) is 4.79 Å². The first-order valence-electron chi connectivity index (χ1n) is 8.76. The van der Waals surface area contributed by atoms with Crippen LogP contribution < -0.4 is 5.32 Å². The van der Waals surface area contributed by atoms with Crippen LogP contribution in [0.2, 0.25) is 0 Å². The first kappa shape index (κ1) is 15.9. The molecule has 1 aliphatic heterocycles. The molecular formula is C22H21NO2. The molecule has 0 bridgehead atoms. The lowest BCUT2D eigenvalue weighted by molar-refractivity contribution is 0.0695. The molecule has 1 fully saturated rings. The zero-order valence-electron chi connectivity index (χ0n) is 14.0. The predicted octanol–water partition coefficient (Wildman–Crippen LogP) is 4.40. The second-order valence-electron chi connectivity index (χ2n) is 6.67. The number of piperidine rings is 1. The highest BCUT2D eigenvalue weighted by molar-refractivity contribution is 5.98. The largest absolute Gasteiger partial charge is 0.478 e. The number of nitrogens with one attached hydrogen (secondary N) is 1. The van der Waals surface area contributed by atoms with E-state index in [-0.39, 0.29) is 5.92 Å². The number of benzene rings is 3. The van der Waals surface area contributed by atoms with Gasteiger partial charge in [-0.15, -0.1) is 0 Å². The van der Waals surface area contributed by atoms with Gasteiger partial charge in [0.15, 0.2) is 0 Å². The number of carboxylic acids is 1. The topological polar surface area (TPSA) is 49.3 Å². The van der Waals surface area contributed by atoms with Gasteiger partial charge in [-0.1, -0.05) is 60.7 Å². The van der Waals surface area contributed by atoms with Gasteiger partial charge in [0.05, 0.1) is 5.56 Å². The molecule has 1 heterocycles. The summed E-state index contributed by atoms with van der Waals surface area (Å²) in [6.45, 7) is 1.76. The van der Waals surface area contributed by atoms with Crippen molar-refractivity contribution in [1.82, 2.24) is 5.32 Å². The average molecular weight is 331 g/mol. The molecule has 0 unspecified atom stereocenters. The zero-order chi connectivity index (χ0) is 17.2. The lowest BCUT2D eigenvalue weighted by Crippen LogP contribution is -2.35. The number of aromatic carboxylic acids is 1. The smallest absolute Gasteiger partial charge is 0.335 e. The summed E-state index contributed by atoms with van der Waals surface area (Å²) in [6, 6.07) is 22.2.